The van der Waals surface area contributed by atoms with Crippen LogP contribution >= 0.6 is 76.2 Å². The van der Waals surface area contributed by atoms with Crippen molar-refractivity contribution in [1.29, 1.82) is 0 Å². The van der Waals surface area contributed by atoms with Crippen LogP contribution in [0.1, 0.15) is 34.6 Å². The molecule has 3 rings (SSSR count). The number of piperazine rings is 1. The van der Waals surface area contributed by atoms with Crippen LogP contribution in [-0.4, -0.2) is 98.4 Å². The molecule has 1 saturated heterocycles. The van der Waals surface area contributed by atoms with Gasteiger partial charge in [-0.25, -0.2) is 0 Å². The van der Waals surface area contributed by atoms with Gasteiger partial charge in [-0.15, -0.1) is 0 Å². The quantitative estimate of drug-likeness (QED) is 0.150. The molecule has 4 amide bonds. The van der Waals surface area contributed by atoms with Crippen molar-refractivity contribution in [2.24, 2.45) is 0 Å². The Bertz CT molecular complexity index is 1050. The van der Waals surface area contributed by atoms with Gasteiger partial charge in [-0.3, -0.25) is 29.0 Å². The van der Waals surface area contributed by atoms with E-state index in [9.17, 15) is 19.2 Å². The molecule has 1 aromatic carbocycles. The number of rotatable bonds is 11. The molecule has 41 heavy (non-hydrogen) atoms. The maximum Gasteiger partial charge on any atom is 0.299 e. The van der Waals surface area contributed by atoms with Gasteiger partial charge in [0.25, 0.3) is 18.5 Å². The second-order valence-corrected chi connectivity index (χ2v) is 16.3. The molecule has 1 aromatic rings. The van der Waals surface area contributed by atoms with Gasteiger partial charge in [0, 0.05) is 26.2 Å². The van der Waals surface area contributed by atoms with Crippen LogP contribution in [0.4, 0.5) is 0 Å². The highest BCUT2D eigenvalue weighted by Crippen LogP contribution is 2.55. The monoisotopic (exact) mass is 731 g/mol. The Morgan fingerprint density at radius 2 is 1.17 bits per heavy atom. The fourth-order valence-electron chi connectivity index (χ4n) is 4.07. The third-order valence-electron chi connectivity index (χ3n) is 5.75. The molecular formula is C22H28Cl6N5O6PS. The molecule has 2 heterocycles. The average Bonchev–Trinajstić information content (AvgIpc) is 3.16. The Morgan fingerprint density at radius 1 is 0.829 bits per heavy atom. The number of nitrogens with one attached hydrogen (secondary N) is 2. The van der Waals surface area contributed by atoms with Gasteiger partial charge in [0.05, 0.1) is 24.3 Å². The van der Waals surface area contributed by atoms with Gasteiger partial charge in [-0.2, -0.15) is 4.67 Å². The lowest BCUT2D eigenvalue weighted by molar-refractivity contribution is -0.113. The highest BCUT2D eigenvalue weighted by atomic mass is 35.6. The van der Waals surface area contributed by atoms with E-state index in [1.165, 1.54) is 0 Å². The molecule has 0 bridgehead atoms. The zero-order chi connectivity index (χ0) is 31.0. The summed E-state index contributed by atoms with van der Waals surface area (Å²) in [7, 11) is 0. The Balaban J connectivity index is 0.000000289. The van der Waals surface area contributed by atoms with Gasteiger partial charge in [-0.05, 0) is 37.8 Å². The van der Waals surface area contributed by atoms with E-state index in [0.29, 0.717) is 50.1 Å². The third kappa shape index (κ3) is 9.51. The van der Waals surface area contributed by atoms with E-state index >= 15 is 0 Å². The topological polar surface area (TPSA) is 121 Å². The minimum absolute atomic E-state index is 0.282. The van der Waals surface area contributed by atoms with Crippen molar-refractivity contribution in [3.8, 4) is 0 Å². The van der Waals surface area contributed by atoms with Crippen LogP contribution in [-0.2, 0) is 30.4 Å². The molecule has 19 heteroatoms. The summed E-state index contributed by atoms with van der Waals surface area (Å²) < 4.78 is 8.44. The van der Waals surface area contributed by atoms with Crippen LogP contribution in [0.15, 0.2) is 24.3 Å². The number of nitrogens with zero attached hydrogens (tertiary/aromatic N) is 3. The number of halogens is 6. The molecule has 11 nitrogen and oxygen atoms in total. The summed E-state index contributed by atoms with van der Waals surface area (Å²) in [6.45, 7) is 2.73. The van der Waals surface area contributed by atoms with Crippen molar-refractivity contribution < 1.29 is 28.2 Å². The fourth-order valence-corrected chi connectivity index (χ4v) is 7.98. The molecule has 2 unspecified atom stereocenters. The fraction of sp³-hybridized carbons (Fsp3) is 0.545. The minimum Gasteiger partial charge on any atom is -0.339 e. The lowest BCUT2D eigenvalue weighted by Crippen LogP contribution is -2.63. The van der Waals surface area contributed by atoms with Crippen molar-refractivity contribution in [2.45, 2.75) is 33.8 Å². The second kappa shape index (κ2) is 16.0. The van der Waals surface area contributed by atoms with E-state index in [-0.39, 0.29) is 13.2 Å². The molecule has 0 spiro atoms. The normalized spacial score (nSPS) is 18.2. The zero-order valence-corrected chi connectivity index (χ0v) is 28.0. The Labute approximate surface area is 273 Å². The van der Waals surface area contributed by atoms with Crippen molar-refractivity contribution in [2.75, 3.05) is 39.4 Å². The maximum absolute atomic E-state index is 12.3. The highest BCUT2D eigenvalue weighted by Gasteiger charge is 2.45. The number of alkyl halides is 6. The van der Waals surface area contributed by atoms with Crippen molar-refractivity contribution in [3.05, 3.63) is 35.4 Å². The van der Waals surface area contributed by atoms with Crippen molar-refractivity contribution in [3.63, 3.8) is 0 Å². The lowest BCUT2D eigenvalue weighted by atomic mass is 10.1. The number of hydrogen-bond acceptors (Lipinski definition) is 9. The molecular weight excluding hydrogens is 706 g/mol. The Morgan fingerprint density at radius 3 is 1.44 bits per heavy atom. The van der Waals surface area contributed by atoms with Gasteiger partial charge < -0.3 is 19.7 Å². The van der Waals surface area contributed by atoms with Crippen molar-refractivity contribution in [1.82, 2.24) is 25.1 Å². The first-order valence-electron chi connectivity index (χ1n) is 12.0. The predicted molar refractivity (Wildman–Crippen MR) is 164 cm³/mol. The number of benzene rings is 1. The highest BCUT2D eigenvalue weighted by molar-refractivity contribution is 8.09. The summed E-state index contributed by atoms with van der Waals surface area (Å²) in [5.41, 5.74) is 0.697. The number of carbonyl (C=O) groups is 4. The smallest absolute Gasteiger partial charge is 0.299 e. The van der Waals surface area contributed by atoms with Crippen LogP contribution in [0, 0.1) is 0 Å². The SMILES string of the molecule is CCOP(=S)(OCC)N1C(=O)c2ccccc2C1=O.O=CNC(N1CCN(C(NC=O)C(Cl)(Cl)Cl)CC1)C(Cl)(Cl)Cl. The lowest BCUT2D eigenvalue weighted by Gasteiger charge is -2.44. The standard InChI is InChI=1S/C12H14NO4PS.C10H14Cl6N4O2/c1-3-16-18(19,17-4-2)13-11(14)9-7-5-6-8-10(9)12(13)15;11-9(12,13)7(17-5-21)19-1-2-20(4-3-19)8(18-6-22)10(14,15)16/h5-8H,3-4H2,1-2H3;5-8H,1-4H2,(H,17,21)(H,18,22). The van der Waals surface area contributed by atoms with Crippen LogP contribution in [0.3, 0.4) is 0 Å². The number of fused-ring (bicyclic) bond motifs is 1. The molecule has 2 atom stereocenters. The summed E-state index contributed by atoms with van der Waals surface area (Å²) in [5.74, 6) is -0.878. The van der Waals surface area contributed by atoms with E-state index in [1.807, 2.05) is 0 Å². The molecule has 1 fully saturated rings. The van der Waals surface area contributed by atoms with E-state index in [1.54, 1.807) is 47.9 Å². The van der Waals surface area contributed by atoms with Gasteiger partial charge in [-0.1, -0.05) is 81.7 Å². The van der Waals surface area contributed by atoms with Gasteiger partial charge in [0.1, 0.15) is 12.3 Å². The molecule has 0 radical (unpaired) electrons. The zero-order valence-electron chi connectivity index (χ0n) is 21.8. The van der Waals surface area contributed by atoms with E-state index in [2.05, 4.69) is 10.6 Å². The Kier molecular flexibility index (Phi) is 14.3. The van der Waals surface area contributed by atoms with Crippen LogP contribution in [0.25, 0.3) is 0 Å². The molecule has 0 aromatic heterocycles. The van der Waals surface area contributed by atoms with Crippen LogP contribution in [0.2, 0.25) is 0 Å². The van der Waals surface area contributed by atoms with Crippen LogP contribution < -0.4 is 10.6 Å². The summed E-state index contributed by atoms with van der Waals surface area (Å²) >= 11 is 40.5. The van der Waals surface area contributed by atoms with Crippen molar-refractivity contribution >= 4 is 113 Å². The predicted octanol–water partition coefficient (Wildman–Crippen LogP) is 4.07. The summed E-state index contributed by atoms with van der Waals surface area (Å²) in [6, 6.07) is 6.62. The summed E-state index contributed by atoms with van der Waals surface area (Å²) in [4.78, 5) is 49.5. The van der Waals surface area contributed by atoms with E-state index < -0.39 is 38.4 Å². The van der Waals surface area contributed by atoms with E-state index in [0.717, 1.165) is 4.67 Å². The first-order valence-corrected chi connectivity index (χ1v) is 16.9. The maximum atomic E-state index is 12.3. The van der Waals surface area contributed by atoms with Crippen LogP contribution in [0.5, 0.6) is 0 Å². The van der Waals surface area contributed by atoms with E-state index in [4.69, 9.17) is 90.5 Å². The number of carbonyl (C=O) groups excluding carboxylic acids is 4. The third-order valence-corrected chi connectivity index (χ3v) is 10.1. The van der Waals surface area contributed by atoms with Gasteiger partial charge in [0.2, 0.25) is 20.4 Å². The number of amides is 4. The second-order valence-electron chi connectivity index (χ2n) is 8.30. The van der Waals surface area contributed by atoms with Gasteiger partial charge >= 0.3 is 0 Å². The molecule has 230 valence electrons. The molecule has 2 N–H and O–H groups in total. The average molecular weight is 734 g/mol. The minimum atomic E-state index is -3.09. The van der Waals surface area contributed by atoms with Gasteiger partial charge in [0.15, 0.2) is 0 Å². The molecule has 0 saturated carbocycles. The number of imide groups is 1. The molecule has 2 aliphatic rings. The summed E-state index contributed by atoms with van der Waals surface area (Å²) in [5, 5.41) is 4.95. The molecule has 0 aliphatic carbocycles. The molecule has 2 aliphatic heterocycles. The largest absolute Gasteiger partial charge is 0.339 e. The number of hydrogen-bond donors (Lipinski definition) is 2. The Hall–Kier alpha value is -0.470. The first kappa shape index (κ1) is 36.7. The first-order chi connectivity index (χ1) is 19.2. The summed E-state index contributed by atoms with van der Waals surface area (Å²) in [6.07, 6.45) is -0.613.